The van der Waals surface area contributed by atoms with Gasteiger partial charge >= 0.3 is 6.18 Å². The quantitative estimate of drug-likeness (QED) is 0.836. The minimum atomic E-state index is -4.48. The summed E-state index contributed by atoms with van der Waals surface area (Å²) in [6.07, 6.45) is -3.03. The van der Waals surface area contributed by atoms with Crippen LogP contribution in [-0.4, -0.2) is 29.5 Å². The van der Waals surface area contributed by atoms with Gasteiger partial charge in [-0.15, -0.1) is 0 Å². The first kappa shape index (κ1) is 16.8. The van der Waals surface area contributed by atoms with Crippen LogP contribution in [0.15, 0.2) is 18.2 Å². The standard InChI is InChI=1S/C16H21F3N2O/c1-10-13(15(2,3)22)6-7-21(10)12-5-4-11(9-20)14(8-12)16(17,18)19/h4-5,8-10,13,20,22H,6-7H2,1-3H3/t10-,13-/m0/s1. The maximum Gasteiger partial charge on any atom is 0.417 e. The van der Waals surface area contributed by atoms with E-state index in [1.807, 2.05) is 11.8 Å². The number of nitrogens with zero attached hydrogens (tertiary/aromatic N) is 1. The van der Waals surface area contributed by atoms with E-state index < -0.39 is 17.3 Å². The lowest BCUT2D eigenvalue weighted by Gasteiger charge is -2.33. The average molecular weight is 314 g/mol. The molecule has 0 radical (unpaired) electrons. The van der Waals surface area contributed by atoms with Gasteiger partial charge in [-0.1, -0.05) is 6.07 Å². The highest BCUT2D eigenvalue weighted by Crippen LogP contribution is 2.39. The van der Waals surface area contributed by atoms with E-state index in [0.717, 1.165) is 18.7 Å². The average Bonchev–Trinajstić information content (AvgIpc) is 2.78. The Morgan fingerprint density at radius 3 is 2.41 bits per heavy atom. The number of hydrogen-bond donors (Lipinski definition) is 2. The molecule has 0 saturated carbocycles. The number of rotatable bonds is 3. The molecule has 0 spiro atoms. The number of halogens is 3. The predicted octanol–water partition coefficient (Wildman–Crippen LogP) is 3.69. The molecule has 0 amide bonds. The molecule has 1 heterocycles. The number of alkyl halides is 3. The molecular weight excluding hydrogens is 293 g/mol. The van der Waals surface area contributed by atoms with Gasteiger partial charge in [-0.2, -0.15) is 13.2 Å². The molecule has 1 aromatic rings. The molecule has 6 heteroatoms. The minimum Gasteiger partial charge on any atom is -0.390 e. The van der Waals surface area contributed by atoms with Gasteiger partial charge < -0.3 is 15.4 Å². The SMILES string of the molecule is C[C@H]1[C@@H](C(C)(C)O)CCN1c1ccc(C=N)c(C(F)(F)F)c1. The maximum atomic E-state index is 13.1. The van der Waals surface area contributed by atoms with Crippen molar-refractivity contribution in [2.45, 2.75) is 45.0 Å². The molecule has 1 aliphatic heterocycles. The number of benzene rings is 1. The van der Waals surface area contributed by atoms with E-state index >= 15 is 0 Å². The molecular formula is C16H21F3N2O. The molecule has 2 atom stereocenters. The van der Waals surface area contributed by atoms with E-state index in [0.29, 0.717) is 12.2 Å². The molecule has 1 saturated heterocycles. The van der Waals surface area contributed by atoms with E-state index in [4.69, 9.17) is 5.41 Å². The molecule has 122 valence electrons. The second-order valence-corrected chi connectivity index (χ2v) is 6.40. The van der Waals surface area contributed by atoms with E-state index in [1.54, 1.807) is 19.9 Å². The number of hydrogen-bond acceptors (Lipinski definition) is 3. The third-order valence-corrected chi connectivity index (χ3v) is 4.49. The Bertz CT molecular complexity index is 563. The largest absolute Gasteiger partial charge is 0.417 e. The van der Waals surface area contributed by atoms with Crippen LogP contribution in [0.3, 0.4) is 0 Å². The van der Waals surface area contributed by atoms with Gasteiger partial charge in [0.1, 0.15) is 0 Å². The smallest absolute Gasteiger partial charge is 0.390 e. The molecule has 1 aliphatic rings. The van der Waals surface area contributed by atoms with Gasteiger partial charge in [0.2, 0.25) is 0 Å². The number of nitrogens with one attached hydrogen (secondary N) is 1. The monoisotopic (exact) mass is 314 g/mol. The summed E-state index contributed by atoms with van der Waals surface area (Å²) in [5.74, 6) is 0.00394. The van der Waals surface area contributed by atoms with Crippen molar-refractivity contribution in [1.29, 1.82) is 5.41 Å². The zero-order valence-electron chi connectivity index (χ0n) is 12.9. The van der Waals surface area contributed by atoms with Crippen molar-refractivity contribution in [3.05, 3.63) is 29.3 Å². The highest BCUT2D eigenvalue weighted by Gasteiger charge is 2.40. The fourth-order valence-corrected chi connectivity index (χ4v) is 3.34. The summed E-state index contributed by atoms with van der Waals surface area (Å²) in [4.78, 5) is 1.89. The van der Waals surface area contributed by atoms with Crippen molar-refractivity contribution in [2.24, 2.45) is 5.92 Å². The normalized spacial score (nSPS) is 23.0. The Kier molecular flexibility index (Phi) is 4.26. The van der Waals surface area contributed by atoms with Gasteiger partial charge in [-0.25, -0.2) is 0 Å². The third-order valence-electron chi connectivity index (χ3n) is 4.49. The second kappa shape index (κ2) is 5.57. The lowest BCUT2D eigenvalue weighted by Crippen LogP contribution is -2.40. The molecule has 0 unspecified atom stereocenters. The van der Waals surface area contributed by atoms with Crippen molar-refractivity contribution >= 4 is 11.9 Å². The Labute approximate surface area is 128 Å². The van der Waals surface area contributed by atoms with Crippen LogP contribution < -0.4 is 4.90 Å². The summed E-state index contributed by atoms with van der Waals surface area (Å²) in [6, 6.07) is 3.99. The van der Waals surface area contributed by atoms with Crippen molar-refractivity contribution in [2.75, 3.05) is 11.4 Å². The zero-order chi connectivity index (χ0) is 16.7. The summed E-state index contributed by atoms with van der Waals surface area (Å²) in [7, 11) is 0. The van der Waals surface area contributed by atoms with Crippen LogP contribution in [-0.2, 0) is 6.18 Å². The molecule has 0 bridgehead atoms. The number of anilines is 1. The van der Waals surface area contributed by atoms with Gasteiger partial charge in [0.05, 0.1) is 11.2 Å². The van der Waals surface area contributed by atoms with Gasteiger partial charge in [0.15, 0.2) is 0 Å². The Hall–Kier alpha value is -1.56. The minimum absolute atomic E-state index is 0.00394. The summed E-state index contributed by atoms with van der Waals surface area (Å²) < 4.78 is 39.3. The topological polar surface area (TPSA) is 47.3 Å². The summed E-state index contributed by atoms with van der Waals surface area (Å²) >= 11 is 0. The van der Waals surface area contributed by atoms with E-state index in [2.05, 4.69) is 0 Å². The molecule has 0 aliphatic carbocycles. The third kappa shape index (κ3) is 3.11. The fraction of sp³-hybridized carbons (Fsp3) is 0.562. The number of aliphatic hydroxyl groups is 1. The summed E-state index contributed by atoms with van der Waals surface area (Å²) in [5.41, 5.74) is -1.31. The molecule has 22 heavy (non-hydrogen) atoms. The first-order chi connectivity index (χ1) is 10.1. The van der Waals surface area contributed by atoms with E-state index in [-0.39, 0.29) is 17.5 Å². The maximum absolute atomic E-state index is 13.1. The molecule has 2 N–H and O–H groups in total. The summed E-state index contributed by atoms with van der Waals surface area (Å²) in [6.45, 7) is 6.00. The Morgan fingerprint density at radius 1 is 1.32 bits per heavy atom. The fourth-order valence-electron chi connectivity index (χ4n) is 3.34. The van der Waals surface area contributed by atoms with Crippen LogP contribution in [0.2, 0.25) is 0 Å². The van der Waals surface area contributed by atoms with Crippen LogP contribution in [0.4, 0.5) is 18.9 Å². The van der Waals surface area contributed by atoms with Gasteiger partial charge in [-0.05, 0) is 39.3 Å². The van der Waals surface area contributed by atoms with Gasteiger partial charge in [-0.3, -0.25) is 0 Å². The van der Waals surface area contributed by atoms with Gasteiger partial charge in [0.25, 0.3) is 0 Å². The zero-order valence-corrected chi connectivity index (χ0v) is 12.9. The second-order valence-electron chi connectivity index (χ2n) is 6.40. The molecule has 1 fully saturated rings. The van der Waals surface area contributed by atoms with E-state index in [9.17, 15) is 18.3 Å². The lowest BCUT2D eigenvalue weighted by atomic mass is 9.85. The summed E-state index contributed by atoms with van der Waals surface area (Å²) in [5, 5.41) is 17.3. The Morgan fingerprint density at radius 2 is 1.95 bits per heavy atom. The highest BCUT2D eigenvalue weighted by molar-refractivity contribution is 5.81. The van der Waals surface area contributed by atoms with Gasteiger partial charge in [0, 0.05) is 36.0 Å². The van der Waals surface area contributed by atoms with Crippen molar-refractivity contribution in [3.8, 4) is 0 Å². The van der Waals surface area contributed by atoms with Crippen molar-refractivity contribution < 1.29 is 18.3 Å². The van der Waals surface area contributed by atoms with Crippen LogP contribution in [0, 0.1) is 11.3 Å². The Balaban J connectivity index is 2.37. The van der Waals surface area contributed by atoms with Crippen LogP contribution in [0.25, 0.3) is 0 Å². The first-order valence-corrected chi connectivity index (χ1v) is 7.26. The van der Waals surface area contributed by atoms with Crippen LogP contribution in [0.5, 0.6) is 0 Å². The van der Waals surface area contributed by atoms with Crippen LogP contribution in [0.1, 0.15) is 38.3 Å². The van der Waals surface area contributed by atoms with Crippen molar-refractivity contribution in [3.63, 3.8) is 0 Å². The van der Waals surface area contributed by atoms with E-state index in [1.165, 1.54) is 6.07 Å². The first-order valence-electron chi connectivity index (χ1n) is 7.26. The molecule has 2 rings (SSSR count). The molecule has 0 aromatic heterocycles. The molecule has 1 aromatic carbocycles. The molecule has 3 nitrogen and oxygen atoms in total. The van der Waals surface area contributed by atoms with Crippen molar-refractivity contribution in [1.82, 2.24) is 0 Å². The highest BCUT2D eigenvalue weighted by atomic mass is 19.4. The van der Waals surface area contributed by atoms with Crippen LogP contribution >= 0.6 is 0 Å². The lowest BCUT2D eigenvalue weighted by molar-refractivity contribution is -0.137. The predicted molar refractivity (Wildman–Crippen MR) is 80.5 cm³/mol.